The molecule has 2 aromatic rings. The number of benzene rings is 2. The average molecular weight is 443 g/mol. The van der Waals surface area contributed by atoms with Gasteiger partial charge in [0.1, 0.15) is 11.8 Å². The predicted octanol–water partition coefficient (Wildman–Crippen LogP) is 4.10. The van der Waals surface area contributed by atoms with Crippen LogP contribution in [0, 0.1) is 6.92 Å². The fraction of sp³-hybridized carbons (Fsp3) is 0.316. The molecule has 150 valence electrons. The van der Waals surface area contributed by atoms with Crippen LogP contribution in [-0.4, -0.2) is 38.3 Å². The lowest BCUT2D eigenvalue weighted by atomic mass is 10.2. The Labute approximate surface area is 174 Å². The van der Waals surface area contributed by atoms with Gasteiger partial charge in [-0.1, -0.05) is 35.3 Å². The Balaban J connectivity index is 1.91. The summed E-state index contributed by atoms with van der Waals surface area (Å²) in [6, 6.07) is 8.88. The molecular weight excluding hydrogens is 423 g/mol. The van der Waals surface area contributed by atoms with E-state index in [1.54, 1.807) is 37.3 Å². The summed E-state index contributed by atoms with van der Waals surface area (Å²) in [5.74, 6) is -0.0242. The van der Waals surface area contributed by atoms with Gasteiger partial charge >= 0.3 is 0 Å². The fourth-order valence-electron chi connectivity index (χ4n) is 3.23. The Bertz CT molecular complexity index is 991. The number of carbonyl (C=O) groups excluding carboxylic acids is 1. The van der Waals surface area contributed by atoms with Gasteiger partial charge < -0.3 is 10.1 Å². The number of anilines is 1. The first kappa shape index (κ1) is 20.9. The molecule has 0 bridgehead atoms. The zero-order valence-corrected chi connectivity index (χ0v) is 17.7. The molecule has 1 amide bonds. The summed E-state index contributed by atoms with van der Waals surface area (Å²) in [6.45, 7) is 1.97. The van der Waals surface area contributed by atoms with Gasteiger partial charge in [0.25, 0.3) is 0 Å². The maximum Gasteiger partial charge on any atom is 0.244 e. The molecule has 0 radical (unpaired) electrons. The summed E-state index contributed by atoms with van der Waals surface area (Å²) >= 11 is 12.2. The molecule has 1 fully saturated rings. The largest absolute Gasteiger partial charge is 0.497 e. The van der Waals surface area contributed by atoms with Crippen molar-refractivity contribution in [1.29, 1.82) is 0 Å². The van der Waals surface area contributed by atoms with Crippen LogP contribution in [0.2, 0.25) is 10.0 Å². The van der Waals surface area contributed by atoms with Crippen molar-refractivity contribution < 1.29 is 17.9 Å². The lowest BCUT2D eigenvalue weighted by molar-refractivity contribution is -0.119. The number of halogens is 2. The highest BCUT2D eigenvalue weighted by molar-refractivity contribution is 7.89. The third-order valence-electron chi connectivity index (χ3n) is 4.70. The number of nitrogens with one attached hydrogen (secondary N) is 1. The quantitative estimate of drug-likeness (QED) is 0.755. The van der Waals surface area contributed by atoms with Crippen LogP contribution < -0.4 is 10.1 Å². The first-order valence-corrected chi connectivity index (χ1v) is 10.9. The van der Waals surface area contributed by atoms with E-state index in [-0.39, 0.29) is 27.2 Å². The second-order valence-electron chi connectivity index (χ2n) is 6.49. The molecule has 9 heteroatoms. The first-order chi connectivity index (χ1) is 13.3. The van der Waals surface area contributed by atoms with E-state index >= 15 is 0 Å². The summed E-state index contributed by atoms with van der Waals surface area (Å²) < 4.78 is 32.9. The van der Waals surface area contributed by atoms with Crippen molar-refractivity contribution >= 4 is 44.8 Å². The first-order valence-electron chi connectivity index (χ1n) is 8.67. The molecule has 2 aromatic carbocycles. The fourth-order valence-corrected chi connectivity index (χ4v) is 5.62. The van der Waals surface area contributed by atoms with E-state index in [0.717, 1.165) is 0 Å². The minimum absolute atomic E-state index is 0.127. The second kappa shape index (κ2) is 8.29. The molecule has 1 N–H and O–H groups in total. The molecule has 28 heavy (non-hydrogen) atoms. The Morgan fingerprint density at radius 1 is 1.21 bits per heavy atom. The molecule has 1 aliphatic rings. The van der Waals surface area contributed by atoms with Crippen LogP contribution in [0.25, 0.3) is 0 Å². The highest BCUT2D eigenvalue weighted by Gasteiger charge is 2.40. The Kier molecular flexibility index (Phi) is 6.19. The van der Waals surface area contributed by atoms with Crippen molar-refractivity contribution in [1.82, 2.24) is 4.31 Å². The number of hydrogen-bond acceptors (Lipinski definition) is 4. The number of hydrogen-bond donors (Lipinski definition) is 1. The number of rotatable bonds is 5. The topological polar surface area (TPSA) is 75.7 Å². The number of aryl methyl sites for hydroxylation is 1. The van der Waals surface area contributed by atoms with Gasteiger partial charge in [-0.15, -0.1) is 0 Å². The van der Waals surface area contributed by atoms with Crippen LogP contribution in [0.15, 0.2) is 41.3 Å². The number of amides is 1. The van der Waals surface area contributed by atoms with Crippen molar-refractivity contribution in [3.8, 4) is 5.75 Å². The Hall–Kier alpha value is -1.80. The molecule has 0 aliphatic carbocycles. The monoisotopic (exact) mass is 442 g/mol. The standard InChI is InChI=1S/C19H20Cl2N2O4S/c1-12-8-9-13(27-2)11-17(12)28(25,26)23-10-4-7-16(23)19(24)22-18-14(20)5-3-6-15(18)21/h3,5-6,8-9,11,16H,4,7,10H2,1-2H3,(H,22,24)/t16-/m0/s1. The summed E-state index contributed by atoms with van der Waals surface area (Å²) in [7, 11) is -2.41. The van der Waals surface area contributed by atoms with E-state index in [1.807, 2.05) is 0 Å². The molecule has 0 saturated carbocycles. The minimum Gasteiger partial charge on any atom is -0.497 e. The van der Waals surface area contributed by atoms with Crippen LogP contribution in [0.5, 0.6) is 5.75 Å². The molecule has 0 unspecified atom stereocenters. The lowest BCUT2D eigenvalue weighted by Gasteiger charge is -2.24. The van der Waals surface area contributed by atoms with Crippen molar-refractivity contribution in [2.75, 3.05) is 19.0 Å². The number of para-hydroxylation sites is 1. The Morgan fingerprint density at radius 3 is 2.54 bits per heavy atom. The van der Waals surface area contributed by atoms with Crippen molar-refractivity contribution in [3.63, 3.8) is 0 Å². The molecule has 0 spiro atoms. The molecule has 6 nitrogen and oxygen atoms in total. The van der Waals surface area contributed by atoms with Gasteiger partial charge in [0.2, 0.25) is 15.9 Å². The number of methoxy groups -OCH3 is 1. The van der Waals surface area contributed by atoms with Gasteiger partial charge in [0.05, 0.1) is 27.7 Å². The zero-order valence-electron chi connectivity index (χ0n) is 15.4. The number of ether oxygens (including phenoxy) is 1. The summed E-state index contributed by atoms with van der Waals surface area (Å²) in [6.07, 6.45) is 0.993. The molecule has 3 rings (SSSR count). The predicted molar refractivity (Wildman–Crippen MR) is 110 cm³/mol. The normalized spacial score (nSPS) is 17.5. The van der Waals surface area contributed by atoms with Crippen molar-refractivity contribution in [3.05, 3.63) is 52.0 Å². The highest BCUT2D eigenvalue weighted by atomic mass is 35.5. The van der Waals surface area contributed by atoms with Gasteiger partial charge in [-0.2, -0.15) is 4.31 Å². The van der Waals surface area contributed by atoms with Gasteiger partial charge in [0.15, 0.2) is 0 Å². The van der Waals surface area contributed by atoms with Gasteiger partial charge in [0, 0.05) is 12.6 Å². The van der Waals surface area contributed by atoms with Gasteiger partial charge in [-0.25, -0.2) is 8.42 Å². The zero-order chi connectivity index (χ0) is 20.5. The van der Waals surface area contributed by atoms with Gasteiger partial charge in [-0.05, 0) is 43.5 Å². The van der Waals surface area contributed by atoms with Crippen molar-refractivity contribution in [2.24, 2.45) is 0 Å². The molecule has 1 atom stereocenters. The minimum atomic E-state index is -3.88. The third-order valence-corrected chi connectivity index (χ3v) is 7.38. The highest BCUT2D eigenvalue weighted by Crippen LogP contribution is 2.33. The van der Waals surface area contributed by atoms with Crippen LogP contribution in [0.3, 0.4) is 0 Å². The second-order valence-corrected chi connectivity index (χ2v) is 9.16. The number of carbonyl (C=O) groups is 1. The van der Waals surface area contributed by atoms with E-state index in [9.17, 15) is 13.2 Å². The summed E-state index contributed by atoms with van der Waals surface area (Å²) in [5.41, 5.74) is 0.860. The van der Waals surface area contributed by atoms with Gasteiger partial charge in [-0.3, -0.25) is 4.79 Å². The van der Waals surface area contributed by atoms with E-state index in [1.165, 1.54) is 17.5 Å². The lowest BCUT2D eigenvalue weighted by Crippen LogP contribution is -2.43. The van der Waals surface area contributed by atoms with Crippen LogP contribution >= 0.6 is 23.2 Å². The number of nitrogens with zero attached hydrogens (tertiary/aromatic N) is 1. The summed E-state index contributed by atoms with van der Waals surface area (Å²) in [4.78, 5) is 13.0. The van der Waals surface area contributed by atoms with E-state index < -0.39 is 22.0 Å². The SMILES string of the molecule is COc1ccc(C)c(S(=O)(=O)N2CCC[C@H]2C(=O)Nc2c(Cl)cccc2Cl)c1. The third kappa shape index (κ3) is 3.98. The smallest absolute Gasteiger partial charge is 0.244 e. The molecular formula is C19H20Cl2N2O4S. The van der Waals surface area contributed by atoms with Crippen molar-refractivity contribution in [2.45, 2.75) is 30.7 Å². The average Bonchev–Trinajstić information content (AvgIpc) is 3.16. The maximum absolute atomic E-state index is 13.3. The van der Waals surface area contributed by atoms with E-state index in [0.29, 0.717) is 24.2 Å². The Morgan fingerprint density at radius 2 is 1.89 bits per heavy atom. The van der Waals surface area contributed by atoms with Crippen LogP contribution in [0.4, 0.5) is 5.69 Å². The van der Waals surface area contributed by atoms with E-state index in [2.05, 4.69) is 5.32 Å². The molecule has 0 aromatic heterocycles. The number of sulfonamides is 1. The molecule has 1 saturated heterocycles. The molecule has 1 aliphatic heterocycles. The summed E-state index contributed by atoms with van der Waals surface area (Å²) in [5, 5.41) is 3.26. The van der Waals surface area contributed by atoms with Crippen LogP contribution in [0.1, 0.15) is 18.4 Å². The van der Waals surface area contributed by atoms with Crippen LogP contribution in [-0.2, 0) is 14.8 Å². The molecule has 1 heterocycles. The maximum atomic E-state index is 13.3. The van der Waals surface area contributed by atoms with E-state index in [4.69, 9.17) is 27.9 Å².